The van der Waals surface area contributed by atoms with E-state index in [4.69, 9.17) is 9.15 Å². The van der Waals surface area contributed by atoms with Crippen LogP contribution in [0.5, 0.6) is 5.75 Å². The summed E-state index contributed by atoms with van der Waals surface area (Å²) in [6.45, 7) is 1.54. The molecule has 8 heteroatoms. The molecule has 34 heavy (non-hydrogen) atoms. The number of aliphatic carboxylic acids is 1. The molecule has 0 radical (unpaired) electrons. The molecule has 3 N–H and O–H groups in total. The van der Waals surface area contributed by atoms with Crippen LogP contribution in [-0.4, -0.2) is 34.1 Å². The lowest BCUT2D eigenvalue weighted by Crippen LogP contribution is -2.47. The zero-order chi connectivity index (χ0) is 23.8. The van der Waals surface area contributed by atoms with Gasteiger partial charge in [-0.3, -0.25) is 4.79 Å². The van der Waals surface area contributed by atoms with E-state index in [9.17, 15) is 19.5 Å². The van der Waals surface area contributed by atoms with Gasteiger partial charge in [0.15, 0.2) is 6.10 Å². The van der Waals surface area contributed by atoms with Crippen molar-refractivity contribution >= 4 is 33.7 Å². The van der Waals surface area contributed by atoms with Gasteiger partial charge in [0.05, 0.1) is 0 Å². The Hall–Kier alpha value is -4.07. The van der Waals surface area contributed by atoms with Crippen LogP contribution in [-0.2, 0) is 28.9 Å². The molecule has 0 saturated heterocycles. The summed E-state index contributed by atoms with van der Waals surface area (Å²) in [6, 6.07) is 11.6. The second-order valence-electron chi connectivity index (χ2n) is 8.58. The molecule has 2 heterocycles. The number of hydrogen-bond donors (Lipinski definition) is 3. The van der Waals surface area contributed by atoms with Gasteiger partial charge >= 0.3 is 11.6 Å². The summed E-state index contributed by atoms with van der Waals surface area (Å²) in [5.41, 5.74) is 3.55. The highest BCUT2D eigenvalue weighted by Gasteiger charge is 2.26. The largest absolute Gasteiger partial charge is 0.481 e. The predicted octanol–water partition coefficient (Wildman–Crippen LogP) is 3.34. The molecule has 174 valence electrons. The summed E-state index contributed by atoms with van der Waals surface area (Å²) < 4.78 is 11.2. The van der Waals surface area contributed by atoms with Crippen molar-refractivity contribution in [1.82, 2.24) is 10.3 Å². The van der Waals surface area contributed by atoms with Crippen LogP contribution in [0.2, 0.25) is 0 Å². The van der Waals surface area contributed by atoms with Crippen molar-refractivity contribution in [2.45, 2.75) is 44.8 Å². The fourth-order valence-electron chi connectivity index (χ4n) is 4.60. The summed E-state index contributed by atoms with van der Waals surface area (Å²) in [5, 5.41) is 14.0. The highest BCUT2D eigenvalue weighted by Crippen LogP contribution is 2.30. The molecule has 2 aromatic heterocycles. The van der Waals surface area contributed by atoms with Gasteiger partial charge in [-0.1, -0.05) is 18.2 Å². The van der Waals surface area contributed by atoms with Gasteiger partial charge < -0.3 is 24.6 Å². The molecule has 1 aliphatic carbocycles. The quantitative estimate of drug-likeness (QED) is 0.364. The van der Waals surface area contributed by atoms with Crippen molar-refractivity contribution in [3.63, 3.8) is 0 Å². The second-order valence-corrected chi connectivity index (χ2v) is 8.58. The standard InChI is InChI=1S/C26H24N2O6/c1-14(33-16-9-10-19-18-6-4-7-20(18)26(32)34-23(19)12-16)24(29)28-22(25(30)31)11-15-13-27-21-8-3-2-5-17(15)21/h2-3,5,8-10,12-14,22,27H,4,6-7,11H2,1H3,(H,28,29)(H,30,31)/t14-,22-/m0/s1. The number of carboxylic acid groups (broad SMARTS) is 1. The monoisotopic (exact) mass is 460 g/mol. The van der Waals surface area contributed by atoms with Gasteiger partial charge in [0.2, 0.25) is 0 Å². The molecule has 1 amide bonds. The topological polar surface area (TPSA) is 122 Å². The maximum atomic E-state index is 12.7. The number of para-hydroxylation sites is 1. The van der Waals surface area contributed by atoms with Gasteiger partial charge in [-0.2, -0.15) is 0 Å². The molecule has 1 aliphatic rings. The average molecular weight is 460 g/mol. The fourth-order valence-corrected chi connectivity index (χ4v) is 4.60. The minimum absolute atomic E-state index is 0.129. The molecule has 0 aliphatic heterocycles. The van der Waals surface area contributed by atoms with Gasteiger partial charge in [0.25, 0.3) is 5.91 Å². The Bertz CT molecular complexity index is 1470. The molecule has 4 aromatic rings. The number of amides is 1. The van der Waals surface area contributed by atoms with Crippen molar-refractivity contribution < 1.29 is 23.8 Å². The maximum Gasteiger partial charge on any atom is 0.339 e. The predicted molar refractivity (Wildman–Crippen MR) is 126 cm³/mol. The van der Waals surface area contributed by atoms with Gasteiger partial charge in [-0.15, -0.1) is 0 Å². The number of hydrogen-bond acceptors (Lipinski definition) is 5. The number of aryl methyl sites for hydroxylation is 1. The number of carbonyl (C=O) groups excluding carboxylic acids is 1. The first-order chi connectivity index (χ1) is 16.4. The second kappa shape index (κ2) is 8.70. The maximum absolute atomic E-state index is 12.7. The SMILES string of the molecule is C[C@H](Oc1ccc2c3c(c(=O)oc2c1)CCC3)C(=O)N[C@@H](Cc1c[nH]c2ccccc12)C(=O)O. The number of carboxylic acids is 1. The van der Waals surface area contributed by atoms with E-state index in [0.29, 0.717) is 11.3 Å². The van der Waals surface area contributed by atoms with E-state index in [2.05, 4.69) is 10.3 Å². The van der Waals surface area contributed by atoms with Crippen LogP contribution >= 0.6 is 0 Å². The van der Waals surface area contributed by atoms with Crippen molar-refractivity contribution in [3.05, 3.63) is 75.8 Å². The number of aromatic amines is 1. The highest BCUT2D eigenvalue weighted by atomic mass is 16.5. The van der Waals surface area contributed by atoms with Crippen LogP contribution in [0.1, 0.15) is 30.0 Å². The lowest BCUT2D eigenvalue weighted by atomic mass is 10.0. The summed E-state index contributed by atoms with van der Waals surface area (Å²) >= 11 is 0. The van der Waals surface area contributed by atoms with Crippen LogP contribution in [0.25, 0.3) is 21.9 Å². The van der Waals surface area contributed by atoms with Crippen LogP contribution < -0.4 is 15.7 Å². The molecular formula is C26H24N2O6. The van der Waals surface area contributed by atoms with E-state index in [0.717, 1.165) is 52.2 Å². The third kappa shape index (κ3) is 4.03. The number of aromatic nitrogens is 1. The molecule has 0 spiro atoms. The number of nitrogens with one attached hydrogen (secondary N) is 2. The first-order valence-corrected chi connectivity index (χ1v) is 11.2. The van der Waals surface area contributed by atoms with E-state index in [1.54, 1.807) is 25.3 Å². The molecule has 2 atom stereocenters. The van der Waals surface area contributed by atoms with Crippen molar-refractivity contribution in [1.29, 1.82) is 0 Å². The Morgan fingerprint density at radius 3 is 2.76 bits per heavy atom. The Balaban J connectivity index is 1.30. The summed E-state index contributed by atoms with van der Waals surface area (Å²) in [4.78, 5) is 39.9. The van der Waals surface area contributed by atoms with Crippen LogP contribution in [0.15, 0.2) is 57.9 Å². The number of ether oxygens (including phenoxy) is 1. The van der Waals surface area contributed by atoms with Gasteiger partial charge in [-0.05, 0) is 55.5 Å². The minimum Gasteiger partial charge on any atom is -0.481 e. The van der Waals surface area contributed by atoms with Crippen LogP contribution in [0.4, 0.5) is 0 Å². The molecule has 0 unspecified atom stereocenters. The van der Waals surface area contributed by atoms with Crippen LogP contribution in [0, 0.1) is 0 Å². The van der Waals surface area contributed by atoms with Gasteiger partial charge in [0, 0.05) is 40.5 Å². The summed E-state index contributed by atoms with van der Waals surface area (Å²) in [7, 11) is 0. The molecule has 0 fully saturated rings. The zero-order valence-corrected chi connectivity index (χ0v) is 18.6. The van der Waals surface area contributed by atoms with Crippen molar-refractivity contribution in [3.8, 4) is 5.75 Å². The Labute approximate surface area is 194 Å². The smallest absolute Gasteiger partial charge is 0.339 e. The summed E-state index contributed by atoms with van der Waals surface area (Å²) in [6.07, 6.45) is 3.42. The minimum atomic E-state index is -1.13. The normalized spacial score (nSPS) is 14.6. The number of fused-ring (bicyclic) bond motifs is 4. The van der Waals surface area contributed by atoms with Gasteiger partial charge in [0.1, 0.15) is 17.4 Å². The third-order valence-electron chi connectivity index (χ3n) is 6.34. The fraction of sp³-hybridized carbons (Fsp3) is 0.269. The molecule has 0 saturated carbocycles. The highest BCUT2D eigenvalue weighted by molar-refractivity contribution is 5.88. The molecular weight excluding hydrogens is 436 g/mol. The first-order valence-electron chi connectivity index (χ1n) is 11.2. The first kappa shape index (κ1) is 21.8. The number of rotatable bonds is 7. The third-order valence-corrected chi connectivity index (χ3v) is 6.34. The number of benzene rings is 2. The van der Waals surface area contributed by atoms with E-state index in [1.807, 2.05) is 30.3 Å². The Kier molecular flexibility index (Phi) is 5.57. The average Bonchev–Trinajstić information content (AvgIpc) is 3.46. The Morgan fingerprint density at radius 2 is 1.94 bits per heavy atom. The lowest BCUT2D eigenvalue weighted by molar-refractivity contribution is -0.142. The zero-order valence-electron chi connectivity index (χ0n) is 18.6. The molecule has 0 bridgehead atoms. The Morgan fingerprint density at radius 1 is 1.15 bits per heavy atom. The van der Waals surface area contributed by atoms with Gasteiger partial charge in [-0.25, -0.2) is 9.59 Å². The van der Waals surface area contributed by atoms with E-state index < -0.39 is 24.0 Å². The molecule has 2 aromatic carbocycles. The molecule has 5 rings (SSSR count). The van der Waals surface area contributed by atoms with E-state index in [1.165, 1.54) is 0 Å². The number of carbonyl (C=O) groups is 2. The van der Waals surface area contributed by atoms with E-state index >= 15 is 0 Å². The molecule has 8 nitrogen and oxygen atoms in total. The van der Waals surface area contributed by atoms with Crippen molar-refractivity contribution in [2.24, 2.45) is 0 Å². The number of H-pyrrole nitrogens is 1. The summed E-state index contributed by atoms with van der Waals surface area (Å²) in [5.74, 6) is -1.32. The van der Waals surface area contributed by atoms with Crippen molar-refractivity contribution in [2.75, 3.05) is 0 Å². The van der Waals surface area contributed by atoms with E-state index in [-0.39, 0.29) is 12.0 Å². The van der Waals surface area contributed by atoms with Crippen LogP contribution in [0.3, 0.4) is 0 Å². The lowest BCUT2D eigenvalue weighted by Gasteiger charge is -2.19.